The maximum atomic E-state index is 10.7. The first kappa shape index (κ1) is 11.1. The van der Waals surface area contributed by atoms with Gasteiger partial charge in [-0.15, -0.1) is 0 Å². The van der Waals surface area contributed by atoms with E-state index >= 15 is 0 Å². The molecule has 16 heavy (non-hydrogen) atoms. The highest BCUT2D eigenvalue weighted by atomic mass is 16.4. The van der Waals surface area contributed by atoms with Crippen LogP contribution < -0.4 is 0 Å². The monoisotopic (exact) mass is 219 g/mol. The van der Waals surface area contributed by atoms with Crippen LogP contribution in [-0.4, -0.2) is 29.1 Å². The Hall–Kier alpha value is -1.35. The Morgan fingerprint density at radius 2 is 1.94 bits per heavy atom. The van der Waals surface area contributed by atoms with Crippen molar-refractivity contribution in [2.45, 2.75) is 26.8 Å². The number of hydrogen-bond donors (Lipinski definition) is 1. The number of fused-ring (bicyclic) bond motifs is 1. The lowest BCUT2D eigenvalue weighted by atomic mass is 9.92. The van der Waals surface area contributed by atoms with Crippen molar-refractivity contribution in [2.75, 3.05) is 13.1 Å². The van der Waals surface area contributed by atoms with Gasteiger partial charge in [0.1, 0.15) is 0 Å². The SMILES string of the molecule is Cc1ccc(C)c2c1CCN(CC(=O)O)C2. The van der Waals surface area contributed by atoms with Crippen molar-refractivity contribution < 1.29 is 9.90 Å². The second-order valence-corrected chi connectivity index (χ2v) is 4.51. The second-order valence-electron chi connectivity index (χ2n) is 4.51. The molecule has 0 radical (unpaired) electrons. The zero-order valence-corrected chi connectivity index (χ0v) is 9.79. The third-order valence-corrected chi connectivity index (χ3v) is 3.32. The molecule has 1 aliphatic heterocycles. The smallest absolute Gasteiger partial charge is 0.317 e. The molecule has 2 rings (SSSR count). The molecule has 0 bridgehead atoms. The summed E-state index contributed by atoms with van der Waals surface area (Å²) in [6, 6.07) is 4.28. The van der Waals surface area contributed by atoms with Crippen LogP contribution in [0.1, 0.15) is 22.3 Å². The Kier molecular flexibility index (Phi) is 2.97. The van der Waals surface area contributed by atoms with Gasteiger partial charge in [0.2, 0.25) is 0 Å². The second kappa shape index (κ2) is 4.26. The molecular weight excluding hydrogens is 202 g/mol. The van der Waals surface area contributed by atoms with Crippen LogP contribution in [0.4, 0.5) is 0 Å². The van der Waals surface area contributed by atoms with Gasteiger partial charge in [0.15, 0.2) is 0 Å². The van der Waals surface area contributed by atoms with E-state index in [-0.39, 0.29) is 6.54 Å². The number of hydrogen-bond acceptors (Lipinski definition) is 2. The minimum Gasteiger partial charge on any atom is -0.480 e. The number of rotatable bonds is 2. The van der Waals surface area contributed by atoms with E-state index in [1.165, 1.54) is 22.3 Å². The van der Waals surface area contributed by atoms with E-state index < -0.39 is 5.97 Å². The Morgan fingerprint density at radius 3 is 2.56 bits per heavy atom. The lowest BCUT2D eigenvalue weighted by Crippen LogP contribution is -2.35. The van der Waals surface area contributed by atoms with Gasteiger partial charge in [0, 0.05) is 13.1 Å². The molecule has 1 heterocycles. The number of carboxylic acid groups (broad SMARTS) is 1. The Morgan fingerprint density at radius 1 is 1.31 bits per heavy atom. The molecular formula is C13H17NO2. The minimum atomic E-state index is -0.742. The third kappa shape index (κ3) is 2.09. The Labute approximate surface area is 95.7 Å². The van der Waals surface area contributed by atoms with Crippen LogP contribution in [0.2, 0.25) is 0 Å². The van der Waals surface area contributed by atoms with Gasteiger partial charge >= 0.3 is 5.97 Å². The molecule has 1 aliphatic rings. The summed E-state index contributed by atoms with van der Waals surface area (Å²) in [6.45, 7) is 6.00. The lowest BCUT2D eigenvalue weighted by molar-refractivity contribution is -0.138. The van der Waals surface area contributed by atoms with Gasteiger partial charge in [0.25, 0.3) is 0 Å². The number of benzene rings is 1. The van der Waals surface area contributed by atoms with Crippen molar-refractivity contribution in [1.82, 2.24) is 4.90 Å². The van der Waals surface area contributed by atoms with Crippen molar-refractivity contribution in [3.05, 3.63) is 34.4 Å². The van der Waals surface area contributed by atoms with E-state index in [0.29, 0.717) is 0 Å². The summed E-state index contributed by atoms with van der Waals surface area (Å²) < 4.78 is 0. The van der Waals surface area contributed by atoms with Crippen LogP contribution in [0.5, 0.6) is 0 Å². The molecule has 0 aromatic heterocycles. The van der Waals surface area contributed by atoms with Crippen molar-refractivity contribution in [3.8, 4) is 0 Å². The number of nitrogens with zero attached hydrogens (tertiary/aromatic N) is 1. The average Bonchev–Trinajstić information content (AvgIpc) is 2.23. The van der Waals surface area contributed by atoms with Crippen LogP contribution in [0.15, 0.2) is 12.1 Å². The van der Waals surface area contributed by atoms with E-state index in [2.05, 4.69) is 26.0 Å². The zero-order chi connectivity index (χ0) is 11.7. The molecule has 0 unspecified atom stereocenters. The average molecular weight is 219 g/mol. The van der Waals surface area contributed by atoms with E-state index in [0.717, 1.165) is 19.5 Å². The largest absolute Gasteiger partial charge is 0.480 e. The number of carboxylic acids is 1. The van der Waals surface area contributed by atoms with E-state index in [9.17, 15) is 4.79 Å². The van der Waals surface area contributed by atoms with Crippen LogP contribution in [0, 0.1) is 13.8 Å². The summed E-state index contributed by atoms with van der Waals surface area (Å²) >= 11 is 0. The van der Waals surface area contributed by atoms with Gasteiger partial charge in [-0.25, -0.2) is 0 Å². The van der Waals surface area contributed by atoms with Gasteiger partial charge < -0.3 is 5.11 Å². The molecule has 1 aromatic rings. The fourth-order valence-corrected chi connectivity index (χ4v) is 2.39. The molecule has 0 saturated heterocycles. The first-order valence-electron chi connectivity index (χ1n) is 5.60. The van der Waals surface area contributed by atoms with Crippen LogP contribution in [0.3, 0.4) is 0 Å². The molecule has 1 N–H and O–H groups in total. The normalized spacial score (nSPS) is 15.9. The highest BCUT2D eigenvalue weighted by molar-refractivity contribution is 5.69. The zero-order valence-electron chi connectivity index (χ0n) is 9.79. The first-order valence-corrected chi connectivity index (χ1v) is 5.60. The maximum Gasteiger partial charge on any atom is 0.317 e. The van der Waals surface area contributed by atoms with Crippen molar-refractivity contribution >= 4 is 5.97 Å². The van der Waals surface area contributed by atoms with E-state index in [1.807, 2.05) is 4.90 Å². The predicted octanol–water partition coefficient (Wildman–Crippen LogP) is 1.75. The minimum absolute atomic E-state index is 0.146. The highest BCUT2D eigenvalue weighted by Crippen LogP contribution is 2.24. The van der Waals surface area contributed by atoms with Crippen molar-refractivity contribution in [1.29, 1.82) is 0 Å². The van der Waals surface area contributed by atoms with Crippen LogP contribution >= 0.6 is 0 Å². The fraction of sp³-hybridized carbons (Fsp3) is 0.462. The number of carbonyl (C=O) groups is 1. The summed E-state index contributed by atoms with van der Waals surface area (Å²) in [6.07, 6.45) is 0.968. The Balaban J connectivity index is 2.26. The Bertz CT molecular complexity index is 426. The molecule has 3 heteroatoms. The number of aliphatic carboxylic acids is 1. The summed E-state index contributed by atoms with van der Waals surface area (Å²) in [5.74, 6) is -0.742. The highest BCUT2D eigenvalue weighted by Gasteiger charge is 2.20. The third-order valence-electron chi connectivity index (χ3n) is 3.32. The lowest BCUT2D eigenvalue weighted by Gasteiger charge is -2.29. The maximum absolute atomic E-state index is 10.7. The summed E-state index contributed by atoms with van der Waals surface area (Å²) in [5, 5.41) is 8.80. The van der Waals surface area contributed by atoms with Crippen molar-refractivity contribution in [3.63, 3.8) is 0 Å². The molecule has 0 fully saturated rings. The molecule has 0 atom stereocenters. The van der Waals surface area contributed by atoms with E-state index in [4.69, 9.17) is 5.11 Å². The summed E-state index contributed by atoms with van der Waals surface area (Å²) in [4.78, 5) is 12.7. The van der Waals surface area contributed by atoms with Gasteiger partial charge in [-0.2, -0.15) is 0 Å². The molecule has 0 aliphatic carbocycles. The molecule has 1 aromatic carbocycles. The van der Waals surface area contributed by atoms with Gasteiger partial charge in [-0.3, -0.25) is 9.69 Å². The van der Waals surface area contributed by atoms with Gasteiger partial charge in [0.05, 0.1) is 6.54 Å². The molecule has 0 saturated carbocycles. The van der Waals surface area contributed by atoms with Gasteiger partial charge in [-0.05, 0) is 42.5 Å². The summed E-state index contributed by atoms with van der Waals surface area (Å²) in [7, 11) is 0. The molecule has 86 valence electrons. The van der Waals surface area contributed by atoms with Crippen molar-refractivity contribution in [2.24, 2.45) is 0 Å². The molecule has 0 spiro atoms. The van der Waals surface area contributed by atoms with Crippen LogP contribution in [0.25, 0.3) is 0 Å². The molecule has 0 amide bonds. The predicted molar refractivity (Wildman–Crippen MR) is 62.5 cm³/mol. The summed E-state index contributed by atoms with van der Waals surface area (Å²) in [5.41, 5.74) is 5.35. The molecule has 3 nitrogen and oxygen atoms in total. The first-order chi connectivity index (χ1) is 7.58. The number of aryl methyl sites for hydroxylation is 2. The van der Waals surface area contributed by atoms with Gasteiger partial charge in [-0.1, -0.05) is 12.1 Å². The topological polar surface area (TPSA) is 40.5 Å². The quantitative estimate of drug-likeness (QED) is 0.823. The fourth-order valence-electron chi connectivity index (χ4n) is 2.39. The standard InChI is InChI=1S/C13H17NO2/c1-9-3-4-10(2)12-7-14(8-13(15)16)6-5-11(9)12/h3-4H,5-8H2,1-2H3,(H,15,16). The van der Waals surface area contributed by atoms with Crippen LogP contribution in [-0.2, 0) is 17.8 Å². The van der Waals surface area contributed by atoms with E-state index in [1.54, 1.807) is 0 Å².